The van der Waals surface area contributed by atoms with Crippen molar-refractivity contribution in [2.24, 2.45) is 5.73 Å². The van der Waals surface area contributed by atoms with E-state index < -0.39 is 5.91 Å². The Morgan fingerprint density at radius 1 is 1.29 bits per heavy atom. The number of carbonyl (C=O) groups is 1. The molecule has 3 aromatic heterocycles. The van der Waals surface area contributed by atoms with Crippen molar-refractivity contribution in [1.29, 1.82) is 0 Å². The topological polar surface area (TPSA) is 110 Å². The second-order valence-electron chi connectivity index (χ2n) is 6.07. The fourth-order valence-electron chi connectivity index (χ4n) is 2.50. The zero-order valence-corrected chi connectivity index (χ0v) is 15.8. The van der Waals surface area contributed by atoms with Crippen molar-refractivity contribution in [2.45, 2.75) is 26.2 Å². The molecule has 150 valence electrons. The van der Waals surface area contributed by atoms with Gasteiger partial charge in [-0.25, -0.2) is 13.9 Å². The van der Waals surface area contributed by atoms with Crippen molar-refractivity contribution in [3.05, 3.63) is 54.4 Å². The van der Waals surface area contributed by atoms with E-state index in [1.54, 1.807) is 10.6 Å². The number of hydrogen-bond acceptors (Lipinski definition) is 6. The van der Waals surface area contributed by atoms with Gasteiger partial charge in [0, 0.05) is 32.1 Å². The van der Waals surface area contributed by atoms with Gasteiger partial charge in [-0.3, -0.25) is 9.78 Å². The summed E-state index contributed by atoms with van der Waals surface area (Å²) in [5.41, 5.74) is 6.18. The molecular formula is C19H25FN6O2. The van der Waals surface area contributed by atoms with Crippen molar-refractivity contribution in [3.8, 4) is 0 Å². The Hall–Kier alpha value is -3.07. The molecular weight excluding hydrogens is 363 g/mol. The van der Waals surface area contributed by atoms with Crippen LogP contribution in [0.15, 0.2) is 43.0 Å². The van der Waals surface area contributed by atoms with Gasteiger partial charge in [0.25, 0.3) is 5.91 Å². The van der Waals surface area contributed by atoms with Crippen molar-refractivity contribution in [1.82, 2.24) is 19.6 Å². The van der Waals surface area contributed by atoms with Gasteiger partial charge in [0.2, 0.25) is 0 Å². The third-order valence-electron chi connectivity index (χ3n) is 3.90. The van der Waals surface area contributed by atoms with Gasteiger partial charge in [-0.2, -0.15) is 5.10 Å². The summed E-state index contributed by atoms with van der Waals surface area (Å²) in [7, 11) is 0. The lowest BCUT2D eigenvalue weighted by atomic mass is 10.3. The summed E-state index contributed by atoms with van der Waals surface area (Å²) in [6.07, 6.45) is 9.22. The van der Waals surface area contributed by atoms with Crippen molar-refractivity contribution in [3.63, 3.8) is 0 Å². The Labute approximate surface area is 162 Å². The minimum absolute atomic E-state index is 0.289. The van der Waals surface area contributed by atoms with E-state index in [-0.39, 0.29) is 5.82 Å². The lowest BCUT2D eigenvalue weighted by Gasteiger charge is -2.15. The highest BCUT2D eigenvalue weighted by Crippen LogP contribution is 2.19. The first kappa shape index (κ1) is 21.2. The summed E-state index contributed by atoms with van der Waals surface area (Å²) < 4.78 is 13.4. The maximum atomic E-state index is 11.8. The number of carbonyl (C=O) groups excluding carboxylic acids is 1. The quantitative estimate of drug-likeness (QED) is 0.711. The molecule has 0 radical (unpaired) electrons. The van der Waals surface area contributed by atoms with Crippen molar-refractivity contribution < 1.29 is 14.3 Å². The van der Waals surface area contributed by atoms with Crippen LogP contribution in [-0.4, -0.2) is 50.3 Å². The summed E-state index contributed by atoms with van der Waals surface area (Å²) in [6, 6.07) is 4.82. The molecule has 0 aromatic carbocycles. The van der Waals surface area contributed by atoms with E-state index in [1.807, 2.05) is 19.2 Å². The Bertz CT molecular complexity index is 863. The average molecular weight is 388 g/mol. The van der Waals surface area contributed by atoms with Crippen molar-refractivity contribution >= 4 is 17.4 Å². The molecule has 9 heteroatoms. The average Bonchev–Trinajstić information content (AvgIpc) is 3.38. The first-order valence-electron chi connectivity index (χ1n) is 9.12. The fourth-order valence-corrected chi connectivity index (χ4v) is 2.50. The molecule has 28 heavy (non-hydrogen) atoms. The summed E-state index contributed by atoms with van der Waals surface area (Å²) in [6.45, 7) is 4.28. The Morgan fingerprint density at radius 2 is 2.00 bits per heavy atom. The van der Waals surface area contributed by atoms with Gasteiger partial charge in [0.1, 0.15) is 17.2 Å². The summed E-state index contributed by atoms with van der Waals surface area (Å²) in [5.74, 6) is 0.103. The van der Waals surface area contributed by atoms with E-state index in [0.29, 0.717) is 17.8 Å². The number of halogens is 1. The monoisotopic (exact) mass is 388 g/mol. The molecule has 1 saturated heterocycles. The van der Waals surface area contributed by atoms with Gasteiger partial charge in [0.15, 0.2) is 5.65 Å². The second kappa shape index (κ2) is 10.9. The molecule has 0 spiro atoms. The highest BCUT2D eigenvalue weighted by atomic mass is 19.1. The van der Waals surface area contributed by atoms with Crippen LogP contribution < -0.4 is 10.6 Å². The predicted molar refractivity (Wildman–Crippen MR) is 105 cm³/mol. The van der Waals surface area contributed by atoms with Crippen LogP contribution in [0.2, 0.25) is 0 Å². The third kappa shape index (κ3) is 5.98. The third-order valence-corrected chi connectivity index (χ3v) is 3.90. The van der Waals surface area contributed by atoms with Gasteiger partial charge in [-0.1, -0.05) is 6.92 Å². The number of nitrogens with two attached hydrogens (primary N) is 1. The molecule has 4 rings (SSSR count). The zero-order chi connectivity index (χ0) is 20.4. The first-order chi connectivity index (χ1) is 13.6. The molecule has 1 fully saturated rings. The van der Waals surface area contributed by atoms with Crippen LogP contribution in [0.5, 0.6) is 0 Å². The number of rotatable bonds is 3. The Morgan fingerprint density at radius 3 is 2.50 bits per heavy atom. The minimum Gasteiger partial charge on any atom is -0.396 e. The molecule has 1 amide bonds. The lowest BCUT2D eigenvalue weighted by molar-refractivity contribution is 0.100. The molecule has 0 bridgehead atoms. The smallest absolute Gasteiger partial charge is 0.254 e. The highest BCUT2D eigenvalue weighted by Gasteiger charge is 2.16. The molecule has 8 nitrogen and oxygen atoms in total. The molecule has 0 unspecified atom stereocenters. The van der Waals surface area contributed by atoms with Crippen LogP contribution in [0.1, 0.15) is 36.5 Å². The SMILES string of the molecule is CCCO.Fc1cccnc1.NC(=O)c1cnn2ccc(N3CCCC3)nc12. The Kier molecular flexibility index (Phi) is 8.29. The predicted octanol–water partition coefficient (Wildman–Crippen LogP) is 2.04. The highest BCUT2D eigenvalue weighted by molar-refractivity contribution is 5.98. The van der Waals surface area contributed by atoms with Gasteiger partial charge < -0.3 is 15.7 Å². The van der Waals surface area contributed by atoms with Crippen molar-refractivity contribution in [2.75, 3.05) is 24.6 Å². The summed E-state index contributed by atoms with van der Waals surface area (Å²) in [5, 5.41) is 11.9. The van der Waals surface area contributed by atoms with E-state index in [1.165, 1.54) is 37.5 Å². The van der Waals surface area contributed by atoms with Gasteiger partial charge in [-0.15, -0.1) is 0 Å². The molecule has 1 aliphatic heterocycles. The number of fused-ring (bicyclic) bond motifs is 1. The number of anilines is 1. The second-order valence-corrected chi connectivity index (χ2v) is 6.07. The van der Waals surface area contributed by atoms with Crippen LogP contribution in [0.3, 0.4) is 0 Å². The number of aromatic nitrogens is 4. The summed E-state index contributed by atoms with van der Waals surface area (Å²) in [4.78, 5) is 21.4. The molecule has 4 heterocycles. The summed E-state index contributed by atoms with van der Waals surface area (Å²) >= 11 is 0. The van der Waals surface area contributed by atoms with Crippen LogP contribution in [-0.2, 0) is 0 Å². The minimum atomic E-state index is -0.494. The number of pyridine rings is 1. The number of aliphatic hydroxyl groups is 1. The van der Waals surface area contributed by atoms with E-state index in [0.717, 1.165) is 25.3 Å². The van der Waals surface area contributed by atoms with Gasteiger partial charge in [-0.05, 0) is 37.5 Å². The number of aliphatic hydroxyl groups excluding tert-OH is 1. The molecule has 1 aliphatic rings. The van der Waals surface area contributed by atoms with Gasteiger partial charge >= 0.3 is 0 Å². The number of amides is 1. The number of primary amides is 1. The van der Waals surface area contributed by atoms with Crippen LogP contribution in [0.25, 0.3) is 5.65 Å². The van der Waals surface area contributed by atoms with E-state index in [9.17, 15) is 9.18 Å². The number of nitrogens with zero attached hydrogens (tertiary/aromatic N) is 5. The largest absolute Gasteiger partial charge is 0.396 e. The zero-order valence-electron chi connectivity index (χ0n) is 15.8. The lowest BCUT2D eigenvalue weighted by Crippen LogP contribution is -2.19. The van der Waals surface area contributed by atoms with E-state index in [4.69, 9.17) is 10.8 Å². The molecule has 3 N–H and O–H groups in total. The first-order valence-corrected chi connectivity index (χ1v) is 9.12. The molecule has 0 aliphatic carbocycles. The fraction of sp³-hybridized carbons (Fsp3) is 0.368. The van der Waals surface area contributed by atoms with Crippen LogP contribution in [0, 0.1) is 5.82 Å². The normalized spacial score (nSPS) is 12.8. The Balaban J connectivity index is 0.000000211. The standard InChI is InChI=1S/C11H13N5O.C5H4FN.C3H8O/c12-10(17)8-7-13-16-6-3-9(14-11(8)16)15-4-1-2-5-15;6-5-2-1-3-7-4-5;1-2-3-4/h3,6-7H,1-2,4-5H2,(H2,12,17);1-4H;4H,2-3H2,1H3. The van der Waals surface area contributed by atoms with Gasteiger partial charge in [0.05, 0.1) is 12.4 Å². The maximum Gasteiger partial charge on any atom is 0.254 e. The number of hydrogen-bond donors (Lipinski definition) is 2. The molecule has 3 aromatic rings. The van der Waals surface area contributed by atoms with E-state index in [2.05, 4.69) is 20.0 Å². The maximum absolute atomic E-state index is 11.8. The molecule has 0 saturated carbocycles. The molecule has 0 atom stereocenters. The van der Waals surface area contributed by atoms with Crippen LogP contribution >= 0.6 is 0 Å². The van der Waals surface area contributed by atoms with E-state index >= 15 is 0 Å². The van der Waals surface area contributed by atoms with Crippen LogP contribution in [0.4, 0.5) is 10.2 Å².